The Kier molecular flexibility index (Phi) is 2.84. The van der Waals surface area contributed by atoms with E-state index in [1.165, 1.54) is 0 Å². The maximum absolute atomic E-state index is 2.47. The van der Waals surface area contributed by atoms with Crippen molar-refractivity contribution in [2.24, 2.45) is 0 Å². The summed E-state index contributed by atoms with van der Waals surface area (Å²) in [6.45, 7) is 19.1. The Labute approximate surface area is 73.1 Å². The van der Waals surface area contributed by atoms with Gasteiger partial charge in [-0.1, -0.05) is 0 Å². The molecule has 0 heterocycles. The lowest BCUT2D eigenvalue weighted by atomic mass is 10.2. The van der Waals surface area contributed by atoms with Gasteiger partial charge < -0.3 is 0 Å². The molecule has 0 aromatic rings. The van der Waals surface area contributed by atoms with Gasteiger partial charge in [0.05, 0.1) is 10.3 Å². The Balaban J connectivity index is 4.75. The summed E-state index contributed by atoms with van der Waals surface area (Å²) < 4.78 is 0. The van der Waals surface area contributed by atoms with Gasteiger partial charge in [-0.05, 0) is 41.5 Å². The van der Waals surface area contributed by atoms with Gasteiger partial charge in [-0.2, -0.15) is 0 Å². The van der Waals surface area contributed by atoms with E-state index >= 15 is 0 Å². The number of hydrogen-bond acceptors (Lipinski definition) is 0. The molecule has 0 rings (SSSR count). The summed E-state index contributed by atoms with van der Waals surface area (Å²) in [4.78, 5) is 0. The highest BCUT2D eigenvalue weighted by molar-refractivity contribution is 7.77. The van der Waals surface area contributed by atoms with Gasteiger partial charge in [-0.3, -0.25) is 0 Å². The van der Waals surface area contributed by atoms with Crippen LogP contribution in [0.25, 0.3) is 0 Å². The first kappa shape index (κ1) is 11.4. The van der Waals surface area contributed by atoms with E-state index in [9.17, 15) is 0 Å². The molecule has 0 radical (unpaired) electrons. The summed E-state index contributed by atoms with van der Waals surface area (Å²) in [5.74, 6) is 0. The van der Waals surface area contributed by atoms with Crippen LogP contribution in [0.2, 0.25) is 0 Å². The minimum Gasteiger partial charge on any atom is -0.0260 e. The lowest BCUT2D eigenvalue weighted by Gasteiger charge is -2.41. The van der Waals surface area contributed by atoms with E-state index in [1.54, 1.807) is 0 Å². The quantitative estimate of drug-likeness (QED) is 0.490. The highest BCUT2D eigenvalue weighted by Crippen LogP contribution is 2.71. The van der Waals surface area contributed by atoms with Crippen molar-refractivity contribution in [3.8, 4) is 0 Å². The molecule has 0 aliphatic heterocycles. The SMILES string of the molecule is CC(C)(C)[P+](C)(C)C(C)(C)C. The van der Waals surface area contributed by atoms with Gasteiger partial charge in [-0.25, -0.2) is 0 Å². The normalized spacial score (nSPS) is 15.3. The predicted octanol–water partition coefficient (Wildman–Crippen LogP) is 3.86. The van der Waals surface area contributed by atoms with E-state index < -0.39 is 7.26 Å². The molecule has 0 nitrogen and oxygen atoms in total. The average molecular weight is 175 g/mol. The van der Waals surface area contributed by atoms with Crippen molar-refractivity contribution < 1.29 is 0 Å². The summed E-state index contributed by atoms with van der Waals surface area (Å²) >= 11 is 0. The maximum Gasteiger partial charge on any atom is 0.0715 e. The Morgan fingerprint density at radius 3 is 0.818 bits per heavy atom. The topological polar surface area (TPSA) is 0 Å². The molecule has 0 N–H and O–H groups in total. The van der Waals surface area contributed by atoms with E-state index in [-0.39, 0.29) is 0 Å². The lowest BCUT2D eigenvalue weighted by Crippen LogP contribution is -2.32. The molecule has 11 heavy (non-hydrogen) atoms. The van der Waals surface area contributed by atoms with Crippen molar-refractivity contribution in [1.29, 1.82) is 0 Å². The molecule has 0 bridgehead atoms. The summed E-state index contributed by atoms with van der Waals surface area (Å²) in [6.07, 6.45) is 0. The fourth-order valence-corrected chi connectivity index (χ4v) is 3.02. The summed E-state index contributed by atoms with van der Waals surface area (Å²) in [7, 11) is -0.810. The number of hydrogen-bond donors (Lipinski definition) is 0. The van der Waals surface area contributed by atoms with E-state index in [0.29, 0.717) is 10.3 Å². The molecule has 1 heteroatoms. The largest absolute Gasteiger partial charge is 0.0715 e. The van der Waals surface area contributed by atoms with Gasteiger partial charge in [0.15, 0.2) is 0 Å². The summed E-state index contributed by atoms with van der Waals surface area (Å²) in [5, 5.41) is 0.983. The van der Waals surface area contributed by atoms with Crippen molar-refractivity contribution in [3.05, 3.63) is 0 Å². The van der Waals surface area contributed by atoms with Crippen LogP contribution in [0.4, 0.5) is 0 Å². The van der Waals surface area contributed by atoms with Crippen LogP contribution in [-0.4, -0.2) is 23.6 Å². The average Bonchev–Trinajstić information content (AvgIpc) is 1.58. The van der Waals surface area contributed by atoms with E-state index in [4.69, 9.17) is 0 Å². The fraction of sp³-hybridized carbons (Fsp3) is 1.00. The molecule has 0 atom stereocenters. The standard InChI is InChI=1S/C10H24P/c1-9(2,3)11(7,8)10(4,5)6/h1-8H3/q+1. The molecule has 0 saturated carbocycles. The Hall–Kier alpha value is 0.430. The predicted molar refractivity (Wildman–Crippen MR) is 58.3 cm³/mol. The summed E-state index contributed by atoms with van der Waals surface area (Å²) in [6, 6.07) is 0. The molecule has 68 valence electrons. The van der Waals surface area contributed by atoms with Gasteiger partial charge in [0.25, 0.3) is 0 Å². The van der Waals surface area contributed by atoms with Crippen molar-refractivity contribution in [1.82, 2.24) is 0 Å². The van der Waals surface area contributed by atoms with Gasteiger partial charge >= 0.3 is 0 Å². The first-order valence-corrected chi connectivity index (χ1v) is 7.02. The van der Waals surface area contributed by atoms with Gasteiger partial charge in [0.2, 0.25) is 0 Å². The van der Waals surface area contributed by atoms with Crippen LogP contribution in [0.3, 0.4) is 0 Å². The molecule has 0 amide bonds. The minimum absolute atomic E-state index is 0.491. The van der Waals surface area contributed by atoms with Gasteiger partial charge in [0.1, 0.15) is 0 Å². The first-order chi connectivity index (χ1) is 4.50. The zero-order valence-electron chi connectivity index (χ0n) is 9.45. The molecule has 0 unspecified atom stereocenters. The number of rotatable bonds is 0. The van der Waals surface area contributed by atoms with Crippen molar-refractivity contribution >= 4 is 7.26 Å². The van der Waals surface area contributed by atoms with Crippen molar-refractivity contribution in [2.45, 2.75) is 51.9 Å². The van der Waals surface area contributed by atoms with E-state index in [0.717, 1.165) is 0 Å². The van der Waals surface area contributed by atoms with E-state index in [1.807, 2.05) is 0 Å². The lowest BCUT2D eigenvalue weighted by molar-refractivity contribution is 0.695. The zero-order chi connectivity index (χ0) is 9.50. The molecule has 0 aliphatic carbocycles. The van der Waals surface area contributed by atoms with Crippen LogP contribution in [-0.2, 0) is 0 Å². The Morgan fingerprint density at radius 1 is 0.636 bits per heavy atom. The zero-order valence-corrected chi connectivity index (χ0v) is 10.3. The molecule has 0 fully saturated rings. The molecule has 0 spiro atoms. The van der Waals surface area contributed by atoms with Crippen LogP contribution in [0, 0.1) is 0 Å². The van der Waals surface area contributed by atoms with Crippen LogP contribution >= 0.6 is 7.26 Å². The third kappa shape index (κ3) is 2.18. The molecule has 0 aliphatic rings. The minimum atomic E-state index is -0.810. The molecular formula is C10H24P+. The second-order valence-electron chi connectivity index (χ2n) is 5.80. The van der Waals surface area contributed by atoms with Gasteiger partial charge in [0, 0.05) is 20.6 Å². The van der Waals surface area contributed by atoms with Gasteiger partial charge in [-0.15, -0.1) is 0 Å². The molecule has 0 aromatic heterocycles. The first-order valence-electron chi connectivity index (χ1n) is 4.34. The third-order valence-corrected chi connectivity index (χ3v) is 10.1. The summed E-state index contributed by atoms with van der Waals surface area (Å²) in [5.41, 5.74) is 0. The van der Waals surface area contributed by atoms with Crippen molar-refractivity contribution in [3.63, 3.8) is 0 Å². The third-order valence-electron chi connectivity index (χ3n) is 3.35. The Bertz CT molecular complexity index is 116. The smallest absolute Gasteiger partial charge is 0.0260 e. The molecule has 0 aromatic carbocycles. The van der Waals surface area contributed by atoms with E-state index in [2.05, 4.69) is 54.9 Å². The monoisotopic (exact) mass is 175 g/mol. The Morgan fingerprint density at radius 2 is 0.818 bits per heavy atom. The second-order valence-corrected chi connectivity index (χ2v) is 11.4. The highest BCUT2D eigenvalue weighted by Gasteiger charge is 2.49. The van der Waals surface area contributed by atoms with Crippen LogP contribution < -0.4 is 0 Å². The second kappa shape index (κ2) is 2.73. The highest BCUT2D eigenvalue weighted by atomic mass is 31.2. The van der Waals surface area contributed by atoms with Crippen LogP contribution in [0.15, 0.2) is 0 Å². The van der Waals surface area contributed by atoms with Crippen LogP contribution in [0.1, 0.15) is 41.5 Å². The van der Waals surface area contributed by atoms with Crippen LogP contribution in [0.5, 0.6) is 0 Å². The fourth-order valence-electron chi connectivity index (χ4n) is 1.01. The molecular weight excluding hydrogens is 151 g/mol. The van der Waals surface area contributed by atoms with Crippen molar-refractivity contribution in [2.75, 3.05) is 13.3 Å². The molecule has 0 saturated heterocycles. The maximum atomic E-state index is 2.47.